The molecule has 18 heavy (non-hydrogen) atoms. The van der Waals surface area contributed by atoms with Crippen LogP contribution in [0.1, 0.15) is 10.5 Å². The first-order valence-electron chi connectivity index (χ1n) is 5.27. The van der Waals surface area contributed by atoms with E-state index in [1.165, 1.54) is 0 Å². The van der Waals surface area contributed by atoms with Gasteiger partial charge in [0.15, 0.2) is 0 Å². The molecule has 0 amide bonds. The number of aromatic carboxylic acids is 1. The lowest BCUT2D eigenvalue weighted by Gasteiger charge is -2.08. The second kappa shape index (κ2) is 4.86. The van der Waals surface area contributed by atoms with E-state index in [1.807, 2.05) is 18.2 Å². The topological polar surface area (TPSA) is 51.5 Å². The molecule has 4 nitrogen and oxygen atoms in total. The van der Waals surface area contributed by atoms with Gasteiger partial charge in [-0.15, -0.1) is 0 Å². The van der Waals surface area contributed by atoms with Gasteiger partial charge in [0, 0.05) is 12.7 Å². The average Bonchev–Trinajstić information content (AvgIpc) is 2.71. The van der Waals surface area contributed by atoms with Gasteiger partial charge in [0.1, 0.15) is 11.4 Å². The number of carboxylic acids is 1. The molecule has 1 N–H and O–H groups in total. The molecule has 0 unspecified atom stereocenters. The third-order valence-electron chi connectivity index (χ3n) is 2.79. The van der Waals surface area contributed by atoms with E-state index >= 15 is 0 Å². The number of carbonyl (C=O) groups is 1. The molecule has 0 fully saturated rings. The number of methoxy groups -OCH3 is 1. The fraction of sp³-hybridized carbons (Fsp3) is 0.154. The van der Waals surface area contributed by atoms with Crippen molar-refractivity contribution < 1.29 is 14.6 Å². The lowest BCUT2D eigenvalue weighted by molar-refractivity contribution is 0.0687. The Morgan fingerprint density at radius 1 is 1.33 bits per heavy atom. The number of ether oxygens (including phenoxy) is 1. The zero-order valence-corrected chi connectivity index (χ0v) is 11.6. The standard InChI is InChI=1S/C13H12BrNO3/c1-15-10(4-5-11(15)13(16)17)8-3-6-12(18-2)9(14)7-8/h3-7H,1-2H3,(H,16,17). The summed E-state index contributed by atoms with van der Waals surface area (Å²) in [6.45, 7) is 0. The van der Waals surface area contributed by atoms with E-state index in [0.29, 0.717) is 0 Å². The summed E-state index contributed by atoms with van der Waals surface area (Å²) in [5.41, 5.74) is 2.03. The Bertz CT molecular complexity index is 604. The van der Waals surface area contributed by atoms with Crippen molar-refractivity contribution in [1.82, 2.24) is 4.57 Å². The SMILES string of the molecule is COc1ccc(-c2ccc(C(=O)O)n2C)cc1Br. The molecule has 2 rings (SSSR count). The summed E-state index contributed by atoms with van der Waals surface area (Å²) in [7, 11) is 3.34. The molecular formula is C13H12BrNO3. The molecule has 1 aromatic carbocycles. The Balaban J connectivity index is 2.49. The van der Waals surface area contributed by atoms with Crippen molar-refractivity contribution in [3.63, 3.8) is 0 Å². The minimum atomic E-state index is -0.934. The van der Waals surface area contributed by atoms with Crippen molar-refractivity contribution in [3.8, 4) is 17.0 Å². The third-order valence-corrected chi connectivity index (χ3v) is 3.41. The highest BCUT2D eigenvalue weighted by molar-refractivity contribution is 9.10. The van der Waals surface area contributed by atoms with Crippen LogP contribution >= 0.6 is 15.9 Å². The summed E-state index contributed by atoms with van der Waals surface area (Å²) in [5, 5.41) is 9.01. The predicted molar refractivity (Wildman–Crippen MR) is 72.1 cm³/mol. The van der Waals surface area contributed by atoms with E-state index in [9.17, 15) is 4.79 Å². The van der Waals surface area contributed by atoms with Gasteiger partial charge in [0.2, 0.25) is 0 Å². The molecule has 94 valence electrons. The predicted octanol–water partition coefficient (Wildman–Crippen LogP) is 3.16. The summed E-state index contributed by atoms with van der Waals surface area (Å²) in [5.74, 6) is -0.192. The fourth-order valence-corrected chi connectivity index (χ4v) is 2.38. The lowest BCUT2D eigenvalue weighted by Crippen LogP contribution is -2.05. The van der Waals surface area contributed by atoms with Crippen molar-refractivity contribution >= 4 is 21.9 Å². The van der Waals surface area contributed by atoms with Gasteiger partial charge in [-0.3, -0.25) is 0 Å². The van der Waals surface area contributed by atoms with Crippen LogP contribution in [0.2, 0.25) is 0 Å². The van der Waals surface area contributed by atoms with Gasteiger partial charge in [-0.1, -0.05) is 0 Å². The lowest BCUT2D eigenvalue weighted by atomic mass is 10.1. The van der Waals surface area contributed by atoms with Crippen LogP contribution in [0.3, 0.4) is 0 Å². The van der Waals surface area contributed by atoms with Crippen molar-refractivity contribution in [3.05, 3.63) is 40.5 Å². The monoisotopic (exact) mass is 309 g/mol. The summed E-state index contributed by atoms with van der Waals surface area (Å²) in [4.78, 5) is 11.0. The van der Waals surface area contributed by atoms with Crippen LogP contribution in [0.25, 0.3) is 11.3 Å². The van der Waals surface area contributed by atoms with Gasteiger partial charge >= 0.3 is 5.97 Å². The van der Waals surface area contributed by atoms with Crippen molar-refractivity contribution in [2.24, 2.45) is 7.05 Å². The number of carboxylic acid groups (broad SMARTS) is 1. The highest BCUT2D eigenvalue weighted by Gasteiger charge is 2.13. The van der Waals surface area contributed by atoms with E-state index in [1.54, 1.807) is 30.9 Å². The van der Waals surface area contributed by atoms with Crippen LogP contribution in [0.5, 0.6) is 5.75 Å². The summed E-state index contributed by atoms with van der Waals surface area (Å²) in [6, 6.07) is 9.02. The van der Waals surface area contributed by atoms with Gasteiger partial charge in [-0.05, 0) is 51.8 Å². The molecular weight excluding hydrogens is 298 g/mol. The highest BCUT2D eigenvalue weighted by atomic mass is 79.9. The van der Waals surface area contributed by atoms with Crippen molar-refractivity contribution in [1.29, 1.82) is 0 Å². The molecule has 0 aliphatic heterocycles. The first-order chi connectivity index (χ1) is 8.54. The summed E-state index contributed by atoms with van der Waals surface area (Å²) in [6.07, 6.45) is 0. The van der Waals surface area contributed by atoms with Gasteiger partial charge < -0.3 is 14.4 Å². The van der Waals surface area contributed by atoms with Crippen LogP contribution in [-0.4, -0.2) is 22.8 Å². The maximum atomic E-state index is 11.0. The van der Waals surface area contributed by atoms with Gasteiger partial charge in [0.25, 0.3) is 0 Å². The smallest absolute Gasteiger partial charge is 0.352 e. The number of benzene rings is 1. The Morgan fingerprint density at radius 3 is 2.56 bits per heavy atom. The normalized spacial score (nSPS) is 10.4. The molecule has 0 atom stereocenters. The Kier molecular flexibility index (Phi) is 3.43. The van der Waals surface area contributed by atoms with E-state index in [2.05, 4.69) is 15.9 Å². The molecule has 0 aliphatic carbocycles. The molecule has 1 aromatic heterocycles. The second-order valence-electron chi connectivity index (χ2n) is 3.82. The molecule has 0 bridgehead atoms. The zero-order chi connectivity index (χ0) is 13.3. The molecule has 0 saturated carbocycles. The van der Waals surface area contributed by atoms with E-state index in [-0.39, 0.29) is 5.69 Å². The maximum absolute atomic E-state index is 11.0. The van der Waals surface area contributed by atoms with E-state index in [4.69, 9.17) is 9.84 Å². The van der Waals surface area contributed by atoms with Gasteiger partial charge in [0.05, 0.1) is 11.6 Å². The second-order valence-corrected chi connectivity index (χ2v) is 4.67. The fourth-order valence-electron chi connectivity index (χ4n) is 1.84. The first kappa shape index (κ1) is 12.7. The first-order valence-corrected chi connectivity index (χ1v) is 6.07. The number of hydrogen-bond donors (Lipinski definition) is 1. The minimum Gasteiger partial charge on any atom is -0.496 e. The number of hydrogen-bond acceptors (Lipinski definition) is 2. The quantitative estimate of drug-likeness (QED) is 0.947. The molecule has 0 aliphatic rings. The molecule has 0 spiro atoms. The largest absolute Gasteiger partial charge is 0.496 e. The summed E-state index contributed by atoms with van der Waals surface area (Å²) >= 11 is 3.41. The molecule has 5 heteroatoms. The van der Waals surface area contributed by atoms with Crippen molar-refractivity contribution in [2.45, 2.75) is 0 Å². The number of aromatic nitrogens is 1. The number of halogens is 1. The van der Waals surface area contributed by atoms with Crippen LogP contribution < -0.4 is 4.74 Å². The molecule has 2 aromatic rings. The number of rotatable bonds is 3. The van der Waals surface area contributed by atoms with Crippen LogP contribution in [-0.2, 0) is 7.05 Å². The van der Waals surface area contributed by atoms with E-state index < -0.39 is 5.97 Å². The van der Waals surface area contributed by atoms with Crippen LogP contribution in [0.15, 0.2) is 34.8 Å². The molecule has 0 saturated heterocycles. The van der Waals surface area contributed by atoms with Crippen LogP contribution in [0.4, 0.5) is 0 Å². The Morgan fingerprint density at radius 2 is 2.06 bits per heavy atom. The zero-order valence-electron chi connectivity index (χ0n) is 9.98. The van der Waals surface area contributed by atoms with Gasteiger partial charge in [-0.25, -0.2) is 4.79 Å². The maximum Gasteiger partial charge on any atom is 0.352 e. The third kappa shape index (κ3) is 2.13. The molecule has 0 radical (unpaired) electrons. The minimum absolute atomic E-state index is 0.261. The van der Waals surface area contributed by atoms with Crippen molar-refractivity contribution in [2.75, 3.05) is 7.11 Å². The average molecular weight is 310 g/mol. The van der Waals surface area contributed by atoms with Crippen LogP contribution in [0, 0.1) is 0 Å². The number of nitrogens with zero attached hydrogens (tertiary/aromatic N) is 1. The highest BCUT2D eigenvalue weighted by Crippen LogP contribution is 2.31. The Hall–Kier alpha value is -1.75. The van der Waals surface area contributed by atoms with E-state index in [0.717, 1.165) is 21.5 Å². The molecule has 1 heterocycles. The Labute approximate surface area is 113 Å². The van der Waals surface area contributed by atoms with Gasteiger partial charge in [-0.2, -0.15) is 0 Å². The summed E-state index contributed by atoms with van der Waals surface area (Å²) < 4.78 is 7.64.